The van der Waals surface area contributed by atoms with E-state index in [4.69, 9.17) is 27.3 Å². The zero-order valence-electron chi connectivity index (χ0n) is 17.7. The van der Waals surface area contributed by atoms with Crippen molar-refractivity contribution in [1.82, 2.24) is 24.5 Å². The van der Waals surface area contributed by atoms with Crippen molar-refractivity contribution >= 4 is 17.5 Å². The lowest BCUT2D eigenvalue weighted by Gasteiger charge is -2.25. The molecule has 0 bridgehead atoms. The maximum Gasteiger partial charge on any atom is 0.266 e. The number of amides is 1. The van der Waals surface area contributed by atoms with Crippen LogP contribution in [0.15, 0.2) is 36.5 Å². The third-order valence-electron chi connectivity index (χ3n) is 5.42. The lowest BCUT2D eigenvalue weighted by Crippen LogP contribution is -2.35. The number of halogens is 1. The first-order valence-electron chi connectivity index (χ1n) is 10.4. The molecule has 2 N–H and O–H groups in total. The van der Waals surface area contributed by atoms with E-state index in [1.165, 1.54) is 0 Å². The second-order valence-electron chi connectivity index (χ2n) is 7.80. The van der Waals surface area contributed by atoms with Gasteiger partial charge in [-0.3, -0.25) is 19.1 Å². The minimum Gasteiger partial charge on any atom is -0.379 e. The number of primary amides is 1. The molecular formula is C22H24ClN7O2. The highest BCUT2D eigenvalue weighted by Crippen LogP contribution is 2.24. The Morgan fingerprint density at radius 3 is 2.75 bits per heavy atom. The van der Waals surface area contributed by atoms with Crippen LogP contribution in [0.4, 0.5) is 0 Å². The summed E-state index contributed by atoms with van der Waals surface area (Å²) in [4.78, 5) is 14.3. The summed E-state index contributed by atoms with van der Waals surface area (Å²) in [5.41, 5.74) is 8.80. The van der Waals surface area contributed by atoms with Crippen LogP contribution >= 0.6 is 11.6 Å². The van der Waals surface area contributed by atoms with Gasteiger partial charge in [-0.05, 0) is 31.2 Å². The normalized spacial score (nSPS) is 15.4. The number of nitriles is 1. The second kappa shape index (κ2) is 9.53. The van der Waals surface area contributed by atoms with E-state index in [9.17, 15) is 4.79 Å². The molecule has 10 heteroatoms. The molecule has 1 atom stereocenters. The van der Waals surface area contributed by atoms with Crippen LogP contribution in [-0.2, 0) is 17.8 Å². The van der Waals surface area contributed by atoms with Gasteiger partial charge in [0.05, 0.1) is 47.8 Å². The van der Waals surface area contributed by atoms with E-state index >= 15 is 0 Å². The van der Waals surface area contributed by atoms with Gasteiger partial charge < -0.3 is 10.5 Å². The van der Waals surface area contributed by atoms with Crippen LogP contribution in [0.1, 0.15) is 34.7 Å². The van der Waals surface area contributed by atoms with Gasteiger partial charge in [0, 0.05) is 31.4 Å². The standard InChI is InChI=1S/C22H24ClN7O2/c1-15(13-29-5-4-20(27-29)16-2-3-17(12-24)19(23)10-16)30-21(22(25)31)11-18(26-30)14-28-6-8-32-9-7-28/h2-5,10-11,15H,6-9,13-14H2,1H3,(H2,25,31)/t15-/m0/s1. The number of carbonyl (C=O) groups excluding carboxylic acids is 1. The average Bonchev–Trinajstić information content (AvgIpc) is 3.42. The molecule has 32 heavy (non-hydrogen) atoms. The van der Waals surface area contributed by atoms with E-state index in [2.05, 4.69) is 21.2 Å². The third kappa shape index (κ3) is 4.83. The SMILES string of the molecule is C[C@@H](Cn1ccc(-c2ccc(C#N)c(Cl)c2)n1)n1nc(CN2CCOCC2)cc1C(N)=O. The predicted molar refractivity (Wildman–Crippen MR) is 119 cm³/mol. The van der Waals surface area contributed by atoms with Crippen LogP contribution < -0.4 is 5.73 Å². The maximum absolute atomic E-state index is 12.0. The second-order valence-corrected chi connectivity index (χ2v) is 8.20. The zero-order valence-corrected chi connectivity index (χ0v) is 18.5. The Morgan fingerprint density at radius 2 is 2.06 bits per heavy atom. The van der Waals surface area contributed by atoms with E-state index in [0.717, 1.165) is 30.0 Å². The minimum absolute atomic E-state index is 0.145. The molecule has 0 saturated carbocycles. The third-order valence-corrected chi connectivity index (χ3v) is 5.74. The van der Waals surface area contributed by atoms with E-state index in [0.29, 0.717) is 42.6 Å². The molecule has 1 saturated heterocycles. The van der Waals surface area contributed by atoms with Crippen molar-refractivity contribution in [2.24, 2.45) is 5.73 Å². The highest BCUT2D eigenvalue weighted by atomic mass is 35.5. The lowest BCUT2D eigenvalue weighted by molar-refractivity contribution is 0.0335. The number of rotatable bonds is 7. The summed E-state index contributed by atoms with van der Waals surface area (Å²) in [5, 5.41) is 18.7. The van der Waals surface area contributed by atoms with Gasteiger partial charge in [-0.15, -0.1) is 0 Å². The molecule has 0 aliphatic carbocycles. The number of nitrogens with zero attached hydrogens (tertiary/aromatic N) is 6. The first kappa shape index (κ1) is 22.0. The lowest BCUT2D eigenvalue weighted by atomic mass is 10.1. The fourth-order valence-corrected chi connectivity index (χ4v) is 3.98. The molecule has 0 radical (unpaired) electrons. The first-order chi connectivity index (χ1) is 15.4. The first-order valence-corrected chi connectivity index (χ1v) is 10.7. The molecule has 1 fully saturated rings. The number of carbonyl (C=O) groups is 1. The Hall–Kier alpha value is -3.19. The predicted octanol–water partition coefficient (Wildman–Crippen LogP) is 2.46. The van der Waals surface area contributed by atoms with Crippen LogP contribution in [0.5, 0.6) is 0 Å². The van der Waals surface area contributed by atoms with Crippen LogP contribution in [0.25, 0.3) is 11.3 Å². The van der Waals surface area contributed by atoms with Crippen molar-refractivity contribution in [3.63, 3.8) is 0 Å². The van der Waals surface area contributed by atoms with Crippen LogP contribution in [0.2, 0.25) is 5.02 Å². The fraction of sp³-hybridized carbons (Fsp3) is 0.364. The van der Waals surface area contributed by atoms with Gasteiger partial charge in [-0.25, -0.2) is 0 Å². The highest BCUT2D eigenvalue weighted by Gasteiger charge is 2.20. The maximum atomic E-state index is 12.0. The molecule has 166 valence electrons. The summed E-state index contributed by atoms with van der Waals surface area (Å²) in [6.07, 6.45) is 1.86. The van der Waals surface area contributed by atoms with Crippen molar-refractivity contribution in [3.05, 3.63) is 58.5 Å². The van der Waals surface area contributed by atoms with Crippen LogP contribution in [-0.4, -0.2) is 56.7 Å². The summed E-state index contributed by atoms with van der Waals surface area (Å²) in [7, 11) is 0. The molecular weight excluding hydrogens is 430 g/mol. The average molecular weight is 454 g/mol. The summed E-state index contributed by atoms with van der Waals surface area (Å²) in [5.74, 6) is -0.508. The molecule has 3 heterocycles. The largest absolute Gasteiger partial charge is 0.379 e. The Labute approximate surface area is 190 Å². The van der Waals surface area contributed by atoms with Crippen molar-refractivity contribution in [2.75, 3.05) is 26.3 Å². The zero-order chi connectivity index (χ0) is 22.7. The summed E-state index contributed by atoms with van der Waals surface area (Å²) >= 11 is 6.15. The quantitative estimate of drug-likeness (QED) is 0.587. The topological polar surface area (TPSA) is 115 Å². The van der Waals surface area contributed by atoms with E-state index in [1.807, 2.05) is 25.3 Å². The van der Waals surface area contributed by atoms with Crippen molar-refractivity contribution < 1.29 is 9.53 Å². The molecule has 0 spiro atoms. The van der Waals surface area contributed by atoms with E-state index < -0.39 is 5.91 Å². The molecule has 4 rings (SSSR count). The number of benzene rings is 1. The van der Waals surface area contributed by atoms with Crippen molar-refractivity contribution in [2.45, 2.75) is 26.1 Å². The van der Waals surface area contributed by atoms with E-state index in [1.54, 1.807) is 27.6 Å². The molecule has 3 aromatic rings. The molecule has 9 nitrogen and oxygen atoms in total. The number of morpholine rings is 1. The minimum atomic E-state index is -0.508. The number of hydrogen-bond donors (Lipinski definition) is 1. The summed E-state index contributed by atoms with van der Waals surface area (Å²) < 4.78 is 8.86. The molecule has 0 unspecified atom stereocenters. The van der Waals surface area contributed by atoms with Gasteiger partial charge in [0.25, 0.3) is 5.91 Å². The smallest absolute Gasteiger partial charge is 0.266 e. The Kier molecular flexibility index (Phi) is 6.55. The molecule has 1 amide bonds. The molecule has 2 aromatic heterocycles. The Bertz CT molecular complexity index is 1160. The summed E-state index contributed by atoms with van der Waals surface area (Å²) in [6.45, 7) is 6.20. The molecule has 1 aromatic carbocycles. The van der Waals surface area contributed by atoms with Gasteiger partial charge in [-0.2, -0.15) is 15.5 Å². The van der Waals surface area contributed by atoms with Gasteiger partial charge >= 0.3 is 0 Å². The van der Waals surface area contributed by atoms with Crippen molar-refractivity contribution in [1.29, 1.82) is 5.26 Å². The molecule has 1 aliphatic heterocycles. The fourth-order valence-electron chi connectivity index (χ4n) is 3.76. The molecule has 1 aliphatic rings. The van der Waals surface area contributed by atoms with Crippen LogP contribution in [0, 0.1) is 11.3 Å². The summed E-state index contributed by atoms with van der Waals surface area (Å²) in [6, 6.07) is 10.8. The number of hydrogen-bond acceptors (Lipinski definition) is 6. The Balaban J connectivity index is 1.50. The van der Waals surface area contributed by atoms with Gasteiger partial charge in [-0.1, -0.05) is 17.7 Å². The highest BCUT2D eigenvalue weighted by molar-refractivity contribution is 6.32. The van der Waals surface area contributed by atoms with E-state index in [-0.39, 0.29) is 6.04 Å². The monoisotopic (exact) mass is 453 g/mol. The van der Waals surface area contributed by atoms with Crippen molar-refractivity contribution in [3.8, 4) is 17.3 Å². The Morgan fingerprint density at radius 1 is 1.28 bits per heavy atom. The number of aromatic nitrogens is 4. The number of ether oxygens (including phenoxy) is 1. The number of nitrogens with two attached hydrogens (primary N) is 1. The van der Waals surface area contributed by atoms with Gasteiger partial charge in [0.1, 0.15) is 11.8 Å². The van der Waals surface area contributed by atoms with Crippen LogP contribution in [0.3, 0.4) is 0 Å². The van der Waals surface area contributed by atoms with Gasteiger partial charge in [0.15, 0.2) is 0 Å². The van der Waals surface area contributed by atoms with Gasteiger partial charge in [0.2, 0.25) is 0 Å².